The van der Waals surface area contributed by atoms with E-state index in [0.29, 0.717) is 6.10 Å². The van der Waals surface area contributed by atoms with Crippen molar-refractivity contribution in [3.8, 4) is 11.5 Å². The number of methoxy groups -OCH3 is 1. The van der Waals surface area contributed by atoms with Gasteiger partial charge >= 0.3 is 0 Å². The van der Waals surface area contributed by atoms with Gasteiger partial charge in [-0.1, -0.05) is 12.1 Å². The predicted octanol–water partition coefficient (Wildman–Crippen LogP) is 2.73. The Morgan fingerprint density at radius 1 is 1.25 bits per heavy atom. The Labute approximate surface area is 125 Å². The van der Waals surface area contributed by atoms with Crippen LogP contribution in [0, 0.1) is 5.92 Å². The van der Waals surface area contributed by atoms with Gasteiger partial charge in [0.2, 0.25) is 0 Å². The van der Waals surface area contributed by atoms with Crippen LogP contribution < -0.4 is 14.8 Å². The van der Waals surface area contributed by atoms with Crippen LogP contribution in [0.15, 0.2) is 18.2 Å². The van der Waals surface area contributed by atoms with Crippen LogP contribution in [0.25, 0.3) is 0 Å². The van der Waals surface area contributed by atoms with Crippen LogP contribution in [-0.2, 0) is 6.42 Å². The summed E-state index contributed by atoms with van der Waals surface area (Å²) in [5.74, 6) is 4.84. The second-order valence-corrected chi connectivity index (χ2v) is 6.70. The van der Waals surface area contributed by atoms with E-state index < -0.39 is 0 Å². The van der Waals surface area contributed by atoms with Gasteiger partial charge in [-0.2, -0.15) is 11.8 Å². The lowest BCUT2D eigenvalue weighted by Crippen LogP contribution is -2.32. The molecule has 2 aliphatic heterocycles. The Bertz CT molecular complexity index is 442. The zero-order chi connectivity index (χ0) is 13.8. The molecular formula is C16H23NO2S. The first kappa shape index (κ1) is 14.1. The largest absolute Gasteiger partial charge is 0.493 e. The smallest absolute Gasteiger partial charge is 0.164 e. The molecule has 2 fully saturated rings. The molecule has 0 saturated carbocycles. The van der Waals surface area contributed by atoms with Crippen molar-refractivity contribution in [3.63, 3.8) is 0 Å². The Morgan fingerprint density at radius 3 is 2.70 bits per heavy atom. The van der Waals surface area contributed by atoms with Crippen molar-refractivity contribution in [2.75, 3.05) is 31.7 Å². The molecule has 4 heteroatoms. The van der Waals surface area contributed by atoms with Gasteiger partial charge in [0.05, 0.1) is 7.11 Å². The Morgan fingerprint density at radius 2 is 2.05 bits per heavy atom. The average Bonchev–Trinajstić information content (AvgIpc) is 2.45. The zero-order valence-corrected chi connectivity index (χ0v) is 12.9. The standard InChI is InChI=1S/C16H23NO2S/c1-18-15-4-2-3-13(9-12-5-7-17-8-6-12)16(15)19-14-10-20-11-14/h2-4,12,14,17H,5-11H2,1H3. The molecule has 2 heterocycles. The van der Waals surface area contributed by atoms with E-state index in [1.54, 1.807) is 7.11 Å². The summed E-state index contributed by atoms with van der Waals surface area (Å²) in [6.45, 7) is 2.29. The molecule has 110 valence electrons. The van der Waals surface area contributed by atoms with E-state index >= 15 is 0 Å². The molecule has 0 unspecified atom stereocenters. The van der Waals surface area contributed by atoms with E-state index in [-0.39, 0.29) is 0 Å². The normalized spacial score (nSPS) is 20.4. The van der Waals surface area contributed by atoms with Crippen LogP contribution in [0.2, 0.25) is 0 Å². The highest BCUT2D eigenvalue weighted by Gasteiger charge is 2.24. The predicted molar refractivity (Wildman–Crippen MR) is 84.0 cm³/mol. The first-order valence-corrected chi connectivity index (χ1v) is 8.63. The third kappa shape index (κ3) is 3.23. The highest BCUT2D eigenvalue weighted by Crippen LogP contribution is 2.36. The van der Waals surface area contributed by atoms with Crippen molar-refractivity contribution < 1.29 is 9.47 Å². The van der Waals surface area contributed by atoms with Crippen molar-refractivity contribution in [3.05, 3.63) is 23.8 Å². The highest BCUT2D eigenvalue weighted by atomic mass is 32.2. The minimum Gasteiger partial charge on any atom is -0.493 e. The van der Waals surface area contributed by atoms with Gasteiger partial charge in [0.1, 0.15) is 6.10 Å². The number of hydrogen-bond donors (Lipinski definition) is 1. The number of rotatable bonds is 5. The quantitative estimate of drug-likeness (QED) is 0.904. The fourth-order valence-corrected chi connectivity index (χ4v) is 3.43. The number of piperidine rings is 1. The molecule has 0 amide bonds. The molecule has 1 aromatic carbocycles. The molecule has 3 rings (SSSR count). The first-order valence-electron chi connectivity index (χ1n) is 7.48. The van der Waals surface area contributed by atoms with Crippen molar-refractivity contribution in [2.45, 2.75) is 25.4 Å². The summed E-state index contributed by atoms with van der Waals surface area (Å²) >= 11 is 1.95. The van der Waals surface area contributed by atoms with Crippen molar-refractivity contribution in [1.29, 1.82) is 0 Å². The molecule has 0 bridgehead atoms. The first-order chi connectivity index (χ1) is 9.86. The van der Waals surface area contributed by atoms with E-state index in [1.165, 1.54) is 18.4 Å². The minimum atomic E-state index is 0.364. The van der Waals surface area contributed by atoms with E-state index in [2.05, 4.69) is 17.4 Å². The SMILES string of the molecule is COc1cccc(CC2CCNCC2)c1OC1CSC1. The number of nitrogens with one attached hydrogen (secondary N) is 1. The molecule has 2 saturated heterocycles. The molecule has 0 atom stereocenters. The summed E-state index contributed by atoms with van der Waals surface area (Å²) in [7, 11) is 1.73. The summed E-state index contributed by atoms with van der Waals surface area (Å²) in [6.07, 6.45) is 3.99. The van der Waals surface area contributed by atoms with Gasteiger partial charge < -0.3 is 14.8 Å². The number of ether oxygens (including phenoxy) is 2. The van der Waals surface area contributed by atoms with Crippen LogP contribution in [0.1, 0.15) is 18.4 Å². The highest BCUT2D eigenvalue weighted by molar-refractivity contribution is 8.00. The van der Waals surface area contributed by atoms with Crippen LogP contribution in [0.5, 0.6) is 11.5 Å². The molecule has 2 aliphatic rings. The lowest BCUT2D eigenvalue weighted by Gasteiger charge is -2.29. The lowest BCUT2D eigenvalue weighted by molar-refractivity contribution is 0.224. The van der Waals surface area contributed by atoms with E-state index in [4.69, 9.17) is 9.47 Å². The third-order valence-corrected chi connectivity index (χ3v) is 5.35. The Balaban J connectivity index is 1.76. The van der Waals surface area contributed by atoms with Gasteiger partial charge in [-0.3, -0.25) is 0 Å². The van der Waals surface area contributed by atoms with Crippen molar-refractivity contribution in [2.24, 2.45) is 5.92 Å². The van der Waals surface area contributed by atoms with Crippen LogP contribution >= 0.6 is 11.8 Å². The molecule has 0 spiro atoms. The van der Waals surface area contributed by atoms with E-state index in [0.717, 1.165) is 48.4 Å². The maximum Gasteiger partial charge on any atom is 0.164 e. The van der Waals surface area contributed by atoms with E-state index in [9.17, 15) is 0 Å². The van der Waals surface area contributed by atoms with E-state index in [1.807, 2.05) is 17.8 Å². The molecule has 0 radical (unpaired) electrons. The zero-order valence-electron chi connectivity index (χ0n) is 12.1. The average molecular weight is 293 g/mol. The maximum atomic E-state index is 6.18. The van der Waals surface area contributed by atoms with Crippen LogP contribution in [0.3, 0.4) is 0 Å². The van der Waals surface area contributed by atoms with Crippen molar-refractivity contribution >= 4 is 11.8 Å². The molecule has 20 heavy (non-hydrogen) atoms. The molecule has 3 nitrogen and oxygen atoms in total. The second kappa shape index (κ2) is 6.72. The molecule has 1 N–H and O–H groups in total. The van der Waals surface area contributed by atoms with Gasteiger partial charge in [-0.25, -0.2) is 0 Å². The van der Waals surface area contributed by atoms with Gasteiger partial charge in [-0.15, -0.1) is 0 Å². The fourth-order valence-electron chi connectivity index (χ4n) is 2.86. The second-order valence-electron chi connectivity index (χ2n) is 5.62. The van der Waals surface area contributed by atoms with Crippen LogP contribution in [0.4, 0.5) is 0 Å². The molecular weight excluding hydrogens is 270 g/mol. The lowest BCUT2D eigenvalue weighted by atomic mass is 9.90. The topological polar surface area (TPSA) is 30.5 Å². The maximum absolute atomic E-state index is 6.18. The summed E-state index contributed by atoms with van der Waals surface area (Å²) in [5, 5.41) is 3.43. The van der Waals surface area contributed by atoms with Gasteiger partial charge in [0.25, 0.3) is 0 Å². The molecule has 1 aromatic rings. The third-order valence-electron chi connectivity index (χ3n) is 4.14. The minimum absolute atomic E-state index is 0.364. The summed E-state index contributed by atoms with van der Waals surface area (Å²) in [4.78, 5) is 0. The fraction of sp³-hybridized carbons (Fsp3) is 0.625. The number of benzene rings is 1. The van der Waals surface area contributed by atoms with Gasteiger partial charge in [0, 0.05) is 11.5 Å². The van der Waals surface area contributed by atoms with Crippen LogP contribution in [-0.4, -0.2) is 37.8 Å². The molecule has 0 aromatic heterocycles. The van der Waals surface area contributed by atoms with Gasteiger partial charge in [-0.05, 0) is 49.9 Å². The number of thioether (sulfide) groups is 1. The molecule has 0 aliphatic carbocycles. The van der Waals surface area contributed by atoms with Gasteiger partial charge in [0.15, 0.2) is 11.5 Å². The summed E-state index contributed by atoms with van der Waals surface area (Å²) in [5.41, 5.74) is 1.31. The Hall–Kier alpha value is -0.870. The number of para-hydroxylation sites is 1. The monoisotopic (exact) mass is 293 g/mol. The summed E-state index contributed by atoms with van der Waals surface area (Å²) < 4.78 is 11.7. The van der Waals surface area contributed by atoms with Crippen molar-refractivity contribution in [1.82, 2.24) is 5.32 Å². The summed E-state index contributed by atoms with van der Waals surface area (Å²) in [6, 6.07) is 6.29. The number of hydrogen-bond acceptors (Lipinski definition) is 4. The Kier molecular flexibility index (Phi) is 4.73.